The molecule has 116 valence electrons. The monoisotopic (exact) mass is 418 g/mol. The van der Waals surface area contributed by atoms with E-state index >= 15 is 0 Å². The molecule has 0 bridgehead atoms. The maximum atomic E-state index is 11.0. The van der Waals surface area contributed by atoms with Gasteiger partial charge in [0, 0.05) is 6.07 Å². The van der Waals surface area contributed by atoms with Gasteiger partial charge >= 0.3 is 11.5 Å². The standard InChI is InChI=1S/C12H11IN4O5/c1-2-15-10(14-6-11(15)17(20)21)7-22-12-8(13)4-3-5-9(12)16(18)19/h3-6H,2,7H2,1H3. The van der Waals surface area contributed by atoms with Crippen LogP contribution in [0.15, 0.2) is 24.4 Å². The highest BCUT2D eigenvalue weighted by Gasteiger charge is 2.22. The van der Waals surface area contributed by atoms with Gasteiger partial charge in [0.05, 0.1) is 15.0 Å². The minimum atomic E-state index is -0.535. The number of hydrogen-bond donors (Lipinski definition) is 0. The van der Waals surface area contributed by atoms with Crippen molar-refractivity contribution in [1.29, 1.82) is 0 Å². The van der Waals surface area contributed by atoms with Crippen molar-refractivity contribution in [2.45, 2.75) is 20.1 Å². The first-order valence-electron chi connectivity index (χ1n) is 6.20. The molecule has 0 radical (unpaired) electrons. The molecule has 9 nitrogen and oxygen atoms in total. The summed E-state index contributed by atoms with van der Waals surface area (Å²) in [6.07, 6.45) is 1.15. The zero-order chi connectivity index (χ0) is 16.3. The number of nitro benzene ring substituents is 1. The predicted octanol–water partition coefficient (Wildman–Crippen LogP) is 2.90. The number of imidazole rings is 1. The van der Waals surface area contributed by atoms with Gasteiger partial charge in [-0.3, -0.25) is 10.1 Å². The van der Waals surface area contributed by atoms with Crippen molar-refractivity contribution in [3.8, 4) is 5.75 Å². The first-order chi connectivity index (χ1) is 10.5. The maximum absolute atomic E-state index is 11.0. The van der Waals surface area contributed by atoms with Crippen LogP contribution in [0.2, 0.25) is 0 Å². The number of rotatable bonds is 6. The van der Waals surface area contributed by atoms with Crippen LogP contribution in [0.5, 0.6) is 5.75 Å². The van der Waals surface area contributed by atoms with Crippen LogP contribution >= 0.6 is 22.6 Å². The fraction of sp³-hybridized carbons (Fsp3) is 0.250. The molecule has 0 amide bonds. The molecular formula is C12H11IN4O5. The Hall–Kier alpha value is -2.24. The number of halogens is 1. The molecule has 0 N–H and O–H groups in total. The van der Waals surface area contributed by atoms with Crippen LogP contribution in [0.3, 0.4) is 0 Å². The second kappa shape index (κ2) is 6.68. The van der Waals surface area contributed by atoms with Gasteiger partial charge in [0.2, 0.25) is 11.6 Å². The fourth-order valence-corrected chi connectivity index (χ4v) is 2.57. The van der Waals surface area contributed by atoms with Gasteiger partial charge in [0.1, 0.15) is 6.20 Å². The number of benzene rings is 1. The van der Waals surface area contributed by atoms with Crippen LogP contribution in [0.25, 0.3) is 0 Å². The normalized spacial score (nSPS) is 10.5. The molecule has 0 saturated carbocycles. The van der Waals surface area contributed by atoms with E-state index in [0.29, 0.717) is 15.9 Å². The largest absolute Gasteiger partial charge is 0.475 e. The van der Waals surface area contributed by atoms with Crippen LogP contribution in [0, 0.1) is 23.8 Å². The summed E-state index contributed by atoms with van der Waals surface area (Å²) in [7, 11) is 0. The van der Waals surface area contributed by atoms with E-state index in [-0.39, 0.29) is 23.9 Å². The first-order valence-corrected chi connectivity index (χ1v) is 7.28. The lowest BCUT2D eigenvalue weighted by Crippen LogP contribution is -2.09. The Morgan fingerprint density at radius 3 is 2.64 bits per heavy atom. The van der Waals surface area contributed by atoms with Crippen LogP contribution in [0.1, 0.15) is 12.7 Å². The third-order valence-corrected chi connectivity index (χ3v) is 3.76. The molecule has 0 aliphatic rings. The van der Waals surface area contributed by atoms with Gasteiger partial charge in [0.25, 0.3) is 0 Å². The zero-order valence-corrected chi connectivity index (χ0v) is 13.6. The van der Waals surface area contributed by atoms with Gasteiger partial charge < -0.3 is 14.9 Å². The van der Waals surface area contributed by atoms with Crippen molar-refractivity contribution in [3.63, 3.8) is 0 Å². The molecule has 2 rings (SSSR count). The molecule has 10 heteroatoms. The summed E-state index contributed by atoms with van der Waals surface area (Å²) < 4.78 is 7.47. The molecule has 1 aromatic carbocycles. The molecule has 0 unspecified atom stereocenters. The molecule has 0 spiro atoms. The van der Waals surface area contributed by atoms with Gasteiger partial charge in [-0.05, 0) is 40.5 Å². The molecule has 2 aromatic rings. The van der Waals surface area contributed by atoms with Gasteiger partial charge in [-0.15, -0.1) is 0 Å². The van der Waals surface area contributed by atoms with E-state index in [4.69, 9.17) is 4.74 Å². The molecular weight excluding hydrogens is 407 g/mol. The van der Waals surface area contributed by atoms with E-state index in [0.717, 1.165) is 6.20 Å². The average Bonchev–Trinajstić information content (AvgIpc) is 2.88. The van der Waals surface area contributed by atoms with Gasteiger partial charge in [-0.1, -0.05) is 6.07 Å². The third-order valence-electron chi connectivity index (χ3n) is 2.91. The van der Waals surface area contributed by atoms with Crippen LogP contribution in [0.4, 0.5) is 11.5 Å². The van der Waals surface area contributed by atoms with Crippen molar-refractivity contribution < 1.29 is 14.6 Å². The van der Waals surface area contributed by atoms with E-state index in [2.05, 4.69) is 4.98 Å². The quantitative estimate of drug-likeness (QED) is 0.405. The minimum Gasteiger partial charge on any atom is -0.475 e. The lowest BCUT2D eigenvalue weighted by atomic mass is 10.3. The van der Waals surface area contributed by atoms with E-state index in [1.165, 1.54) is 10.6 Å². The van der Waals surface area contributed by atoms with E-state index in [1.807, 2.05) is 22.6 Å². The Morgan fingerprint density at radius 1 is 1.32 bits per heavy atom. The minimum absolute atomic E-state index is 0.0947. The number of nitro groups is 2. The van der Waals surface area contributed by atoms with Crippen molar-refractivity contribution >= 4 is 34.1 Å². The highest BCUT2D eigenvalue weighted by Crippen LogP contribution is 2.32. The summed E-state index contributed by atoms with van der Waals surface area (Å²) in [5, 5.41) is 21.9. The zero-order valence-electron chi connectivity index (χ0n) is 11.4. The topological polar surface area (TPSA) is 113 Å². The molecule has 0 aliphatic carbocycles. The number of para-hydroxylation sites is 1. The average molecular weight is 418 g/mol. The fourth-order valence-electron chi connectivity index (χ4n) is 1.93. The molecule has 0 aliphatic heterocycles. The van der Waals surface area contributed by atoms with Gasteiger partial charge in [-0.25, -0.2) is 9.55 Å². The number of aromatic nitrogens is 2. The summed E-state index contributed by atoms with van der Waals surface area (Å²) in [5.41, 5.74) is -0.156. The number of ether oxygens (including phenoxy) is 1. The van der Waals surface area contributed by atoms with Crippen LogP contribution in [-0.2, 0) is 13.2 Å². The lowest BCUT2D eigenvalue weighted by molar-refractivity contribution is -0.392. The molecule has 1 aromatic heterocycles. The Labute approximate surface area is 138 Å². The summed E-state index contributed by atoms with van der Waals surface area (Å²) in [6.45, 7) is 2.00. The molecule has 22 heavy (non-hydrogen) atoms. The second-order valence-corrected chi connectivity index (χ2v) is 5.33. The van der Waals surface area contributed by atoms with E-state index in [1.54, 1.807) is 19.1 Å². The van der Waals surface area contributed by atoms with Crippen LogP contribution < -0.4 is 4.74 Å². The van der Waals surface area contributed by atoms with Crippen LogP contribution in [-0.4, -0.2) is 19.4 Å². The molecule has 0 atom stereocenters. The van der Waals surface area contributed by atoms with Crippen molar-refractivity contribution in [2.75, 3.05) is 0 Å². The van der Waals surface area contributed by atoms with E-state index < -0.39 is 9.85 Å². The summed E-state index contributed by atoms with van der Waals surface area (Å²) >= 11 is 1.93. The lowest BCUT2D eigenvalue weighted by Gasteiger charge is -2.07. The van der Waals surface area contributed by atoms with Gasteiger partial charge in [0.15, 0.2) is 6.61 Å². The second-order valence-electron chi connectivity index (χ2n) is 4.17. The Morgan fingerprint density at radius 2 is 2.05 bits per heavy atom. The summed E-state index contributed by atoms with van der Waals surface area (Å²) in [6, 6.07) is 4.58. The number of nitrogens with zero attached hydrogens (tertiary/aromatic N) is 4. The van der Waals surface area contributed by atoms with Crippen molar-refractivity contribution in [2.24, 2.45) is 0 Å². The maximum Gasteiger partial charge on any atom is 0.342 e. The Bertz CT molecular complexity index is 730. The highest BCUT2D eigenvalue weighted by atomic mass is 127. The van der Waals surface area contributed by atoms with Crippen molar-refractivity contribution in [1.82, 2.24) is 9.55 Å². The van der Waals surface area contributed by atoms with E-state index in [9.17, 15) is 20.2 Å². The smallest absolute Gasteiger partial charge is 0.342 e. The summed E-state index contributed by atoms with van der Waals surface area (Å²) in [5.74, 6) is 0.322. The van der Waals surface area contributed by atoms with Gasteiger partial charge in [-0.2, -0.15) is 0 Å². The van der Waals surface area contributed by atoms with Crippen molar-refractivity contribution in [3.05, 3.63) is 54.0 Å². The Kier molecular flexibility index (Phi) is 4.90. The number of hydrogen-bond acceptors (Lipinski definition) is 6. The molecule has 0 fully saturated rings. The Balaban J connectivity index is 2.28. The first kappa shape index (κ1) is 16.1. The highest BCUT2D eigenvalue weighted by molar-refractivity contribution is 14.1. The predicted molar refractivity (Wildman–Crippen MR) is 84.7 cm³/mol. The molecule has 0 saturated heterocycles. The SMILES string of the molecule is CCn1c([N+](=O)[O-])cnc1COc1c(I)cccc1[N+](=O)[O-]. The summed E-state index contributed by atoms with van der Waals surface area (Å²) in [4.78, 5) is 24.8. The molecule has 1 heterocycles. The third kappa shape index (κ3) is 3.16.